The average molecular weight is 320 g/mol. The summed E-state index contributed by atoms with van der Waals surface area (Å²) in [4.78, 5) is 23.4. The Labute approximate surface area is 136 Å². The predicted octanol–water partition coefficient (Wildman–Crippen LogP) is -0.507. The van der Waals surface area contributed by atoms with E-state index < -0.39 is 12.0 Å². The molecule has 0 bridgehead atoms. The number of amides is 1. The number of ether oxygens (including phenoxy) is 1. The fourth-order valence-corrected chi connectivity index (χ4v) is 2.70. The molecule has 6 heteroatoms. The summed E-state index contributed by atoms with van der Waals surface area (Å²) >= 11 is 0. The largest absolute Gasteiger partial charge is 0.544 e. The van der Waals surface area contributed by atoms with Crippen LogP contribution in [0.5, 0.6) is 0 Å². The van der Waals surface area contributed by atoms with E-state index in [4.69, 9.17) is 4.74 Å². The molecule has 1 aliphatic rings. The summed E-state index contributed by atoms with van der Waals surface area (Å²) < 4.78 is 5.47. The van der Waals surface area contributed by atoms with Crippen LogP contribution in [0.25, 0.3) is 0 Å². The minimum absolute atomic E-state index is 0.0685. The van der Waals surface area contributed by atoms with Crippen molar-refractivity contribution in [3.63, 3.8) is 0 Å². The van der Waals surface area contributed by atoms with Crippen molar-refractivity contribution >= 4 is 17.6 Å². The van der Waals surface area contributed by atoms with Crippen molar-refractivity contribution in [2.24, 2.45) is 0 Å². The Hall–Kier alpha value is -1.92. The molecule has 1 saturated heterocycles. The van der Waals surface area contributed by atoms with Gasteiger partial charge in [0.2, 0.25) is 5.91 Å². The first-order valence-electron chi connectivity index (χ1n) is 7.99. The summed E-state index contributed by atoms with van der Waals surface area (Å²) in [5.41, 5.74) is 2.77. The number of aliphatic carboxylic acids is 1. The smallest absolute Gasteiger partial charge is 0.230 e. The fourth-order valence-electron chi connectivity index (χ4n) is 2.70. The van der Waals surface area contributed by atoms with Gasteiger partial charge in [-0.15, -0.1) is 0 Å². The molecule has 2 atom stereocenters. The van der Waals surface area contributed by atoms with Gasteiger partial charge < -0.3 is 25.3 Å². The molecule has 3 N–H and O–H groups in total. The molecule has 126 valence electrons. The second-order valence-corrected chi connectivity index (χ2v) is 6.03. The zero-order chi connectivity index (χ0) is 16.8. The molecule has 1 aromatic rings. The van der Waals surface area contributed by atoms with Crippen LogP contribution in [0.2, 0.25) is 0 Å². The second kappa shape index (κ2) is 8.08. The zero-order valence-electron chi connectivity index (χ0n) is 13.6. The number of benzene rings is 1. The van der Waals surface area contributed by atoms with E-state index in [2.05, 4.69) is 5.32 Å². The van der Waals surface area contributed by atoms with Crippen LogP contribution in [-0.4, -0.2) is 37.2 Å². The number of hydrogen-bond donors (Lipinski definition) is 2. The van der Waals surface area contributed by atoms with Gasteiger partial charge in [0.25, 0.3) is 0 Å². The molecule has 0 unspecified atom stereocenters. The van der Waals surface area contributed by atoms with Gasteiger partial charge in [-0.3, -0.25) is 4.79 Å². The highest BCUT2D eigenvalue weighted by atomic mass is 16.5. The van der Waals surface area contributed by atoms with E-state index in [1.54, 1.807) is 5.32 Å². The molecule has 1 aliphatic heterocycles. The lowest BCUT2D eigenvalue weighted by atomic mass is 10.1. The first-order chi connectivity index (χ1) is 11.0. The maximum absolute atomic E-state index is 12.1. The van der Waals surface area contributed by atoms with Crippen molar-refractivity contribution in [2.45, 2.75) is 45.3 Å². The Balaban J connectivity index is 1.89. The minimum Gasteiger partial charge on any atom is -0.544 e. The highest BCUT2D eigenvalue weighted by Gasteiger charge is 2.23. The van der Waals surface area contributed by atoms with E-state index in [0.717, 1.165) is 30.6 Å². The Morgan fingerprint density at radius 2 is 2.22 bits per heavy atom. The second-order valence-electron chi connectivity index (χ2n) is 6.03. The van der Waals surface area contributed by atoms with Crippen LogP contribution in [0.4, 0.5) is 5.69 Å². The van der Waals surface area contributed by atoms with Crippen LogP contribution in [0.3, 0.4) is 0 Å². The normalized spacial score (nSPS) is 18.6. The van der Waals surface area contributed by atoms with E-state index in [0.29, 0.717) is 12.2 Å². The highest BCUT2D eigenvalue weighted by Crippen LogP contribution is 2.18. The summed E-state index contributed by atoms with van der Waals surface area (Å²) in [6.45, 7) is 5.14. The molecule has 1 heterocycles. The third-order valence-corrected chi connectivity index (χ3v) is 4.29. The maximum Gasteiger partial charge on any atom is 0.230 e. The molecule has 1 amide bonds. The first-order valence-corrected chi connectivity index (χ1v) is 7.99. The first kappa shape index (κ1) is 17.4. The number of carbonyl (C=O) groups excluding carboxylic acids is 2. The van der Waals surface area contributed by atoms with Crippen molar-refractivity contribution < 1.29 is 24.7 Å². The number of aryl methyl sites for hydroxylation is 1. The van der Waals surface area contributed by atoms with Crippen molar-refractivity contribution in [1.29, 1.82) is 0 Å². The molecule has 23 heavy (non-hydrogen) atoms. The quantitative estimate of drug-likeness (QED) is 0.707. The third kappa shape index (κ3) is 5.04. The Bertz CT molecular complexity index is 568. The number of carbonyl (C=O) groups is 2. The van der Waals surface area contributed by atoms with E-state index >= 15 is 0 Å². The number of anilines is 1. The maximum atomic E-state index is 12.1. The van der Waals surface area contributed by atoms with Crippen molar-refractivity contribution in [1.82, 2.24) is 0 Å². The van der Waals surface area contributed by atoms with Gasteiger partial charge in [-0.2, -0.15) is 0 Å². The molecule has 1 aromatic carbocycles. The number of hydrogen-bond acceptors (Lipinski definition) is 4. The number of carboxylic acid groups (broad SMARTS) is 1. The molecule has 0 radical (unpaired) electrons. The van der Waals surface area contributed by atoms with Gasteiger partial charge >= 0.3 is 0 Å². The lowest BCUT2D eigenvalue weighted by molar-refractivity contribution is -0.687. The van der Waals surface area contributed by atoms with Crippen LogP contribution in [0, 0.1) is 13.8 Å². The summed E-state index contributed by atoms with van der Waals surface area (Å²) in [5.74, 6) is -1.55. The Morgan fingerprint density at radius 3 is 2.87 bits per heavy atom. The fraction of sp³-hybridized carbons (Fsp3) is 0.529. The molecule has 0 saturated carbocycles. The van der Waals surface area contributed by atoms with Crippen molar-refractivity contribution in [3.8, 4) is 0 Å². The van der Waals surface area contributed by atoms with E-state index in [1.807, 2.05) is 32.0 Å². The van der Waals surface area contributed by atoms with Gasteiger partial charge in [0.1, 0.15) is 18.7 Å². The highest BCUT2D eigenvalue weighted by molar-refractivity contribution is 5.94. The van der Waals surface area contributed by atoms with Gasteiger partial charge in [-0.05, 0) is 43.9 Å². The van der Waals surface area contributed by atoms with E-state index in [-0.39, 0.29) is 18.4 Å². The van der Waals surface area contributed by atoms with Gasteiger partial charge in [0.15, 0.2) is 0 Å². The standard InChI is InChI=1S/C17H24N2O4/c1-11-5-3-7-14(12(11)2)19-16(20)9-15(17(21)22)18-10-13-6-4-8-23-13/h3,5,7,13,15,18H,4,6,8-10H2,1-2H3,(H,19,20)(H,21,22)/t13-,15-/m1/s1. The average Bonchev–Trinajstić information content (AvgIpc) is 3.01. The van der Waals surface area contributed by atoms with Crippen LogP contribution < -0.4 is 15.7 Å². The lowest BCUT2D eigenvalue weighted by Gasteiger charge is -2.18. The monoisotopic (exact) mass is 320 g/mol. The minimum atomic E-state index is -1.22. The van der Waals surface area contributed by atoms with E-state index in [1.165, 1.54) is 0 Å². The van der Waals surface area contributed by atoms with Gasteiger partial charge in [0, 0.05) is 12.3 Å². The molecular formula is C17H24N2O4. The van der Waals surface area contributed by atoms with Crippen molar-refractivity contribution in [2.75, 3.05) is 18.5 Å². The van der Waals surface area contributed by atoms with Crippen LogP contribution in [-0.2, 0) is 14.3 Å². The Morgan fingerprint density at radius 1 is 1.43 bits per heavy atom. The third-order valence-electron chi connectivity index (χ3n) is 4.29. The molecule has 2 rings (SSSR count). The summed E-state index contributed by atoms with van der Waals surface area (Å²) in [7, 11) is 0. The summed E-state index contributed by atoms with van der Waals surface area (Å²) in [6, 6.07) is 4.73. The summed E-state index contributed by atoms with van der Waals surface area (Å²) in [6.07, 6.45) is 1.88. The number of carboxylic acids is 1. The topological polar surface area (TPSA) is 95.1 Å². The van der Waals surface area contributed by atoms with Crippen molar-refractivity contribution in [3.05, 3.63) is 29.3 Å². The molecule has 6 nitrogen and oxygen atoms in total. The van der Waals surface area contributed by atoms with Gasteiger partial charge in [0.05, 0.1) is 12.4 Å². The molecule has 0 aromatic heterocycles. The number of rotatable bonds is 7. The molecule has 1 fully saturated rings. The molecular weight excluding hydrogens is 296 g/mol. The lowest BCUT2D eigenvalue weighted by Crippen LogP contribution is -2.94. The van der Waals surface area contributed by atoms with Crippen LogP contribution in [0.1, 0.15) is 30.4 Å². The number of nitrogens with one attached hydrogen (secondary N) is 1. The SMILES string of the molecule is Cc1cccc(NC(=O)C[C@@H]([NH2+]C[C@H]2CCCO2)C(=O)[O-])c1C. The van der Waals surface area contributed by atoms with Gasteiger partial charge in [-0.1, -0.05) is 12.1 Å². The number of nitrogens with two attached hydrogens (primary N) is 1. The molecule has 0 spiro atoms. The number of quaternary nitrogens is 1. The summed E-state index contributed by atoms with van der Waals surface area (Å²) in [5, 5.41) is 15.7. The van der Waals surface area contributed by atoms with Crippen LogP contribution in [0.15, 0.2) is 18.2 Å². The predicted molar refractivity (Wildman–Crippen MR) is 83.7 cm³/mol. The van der Waals surface area contributed by atoms with Gasteiger partial charge in [-0.25, -0.2) is 0 Å². The molecule has 0 aliphatic carbocycles. The Kier molecular flexibility index (Phi) is 6.12. The zero-order valence-corrected chi connectivity index (χ0v) is 13.6. The van der Waals surface area contributed by atoms with Crippen LogP contribution >= 0.6 is 0 Å². The van der Waals surface area contributed by atoms with E-state index in [9.17, 15) is 14.7 Å².